The average Bonchev–Trinajstić information content (AvgIpc) is 3.05. The number of carbonyl (C=O) groups is 1. The lowest BCUT2D eigenvalue weighted by Gasteiger charge is -2.09. The van der Waals surface area contributed by atoms with Crippen LogP contribution in [0.15, 0.2) is 42.5 Å². The van der Waals surface area contributed by atoms with E-state index in [4.69, 9.17) is 9.47 Å². The predicted octanol–water partition coefficient (Wildman–Crippen LogP) is 3.68. The number of amides is 1. The molecule has 0 aromatic heterocycles. The number of fused-ring (bicyclic) bond motifs is 1. The molecule has 132 valence electrons. The van der Waals surface area contributed by atoms with Gasteiger partial charge < -0.3 is 14.8 Å². The molecule has 0 bridgehead atoms. The van der Waals surface area contributed by atoms with Crippen molar-refractivity contribution in [2.75, 3.05) is 6.79 Å². The van der Waals surface area contributed by atoms with Gasteiger partial charge in [-0.2, -0.15) is 13.2 Å². The molecule has 3 rings (SSSR count). The highest BCUT2D eigenvalue weighted by molar-refractivity contribution is 5.76. The zero-order chi connectivity index (χ0) is 17.9. The average molecular weight is 351 g/mol. The minimum atomic E-state index is -4.35. The molecule has 1 heterocycles. The van der Waals surface area contributed by atoms with Crippen LogP contribution in [0.1, 0.15) is 23.1 Å². The second-order valence-electron chi connectivity index (χ2n) is 5.66. The summed E-state index contributed by atoms with van der Waals surface area (Å²) in [6.45, 7) is 0.393. The first-order valence-corrected chi connectivity index (χ1v) is 7.73. The largest absolute Gasteiger partial charge is 0.454 e. The number of nitrogens with one attached hydrogen (secondary N) is 1. The fourth-order valence-electron chi connectivity index (χ4n) is 2.45. The highest BCUT2D eigenvalue weighted by Gasteiger charge is 2.29. The van der Waals surface area contributed by atoms with Crippen LogP contribution >= 0.6 is 0 Å². The Morgan fingerprint density at radius 3 is 2.40 bits per heavy atom. The molecule has 7 heteroatoms. The zero-order valence-electron chi connectivity index (χ0n) is 13.2. The summed E-state index contributed by atoms with van der Waals surface area (Å²) in [5, 5.41) is 2.70. The Morgan fingerprint density at radius 1 is 1.00 bits per heavy atom. The van der Waals surface area contributed by atoms with Gasteiger partial charge in [-0.25, -0.2) is 0 Å². The van der Waals surface area contributed by atoms with E-state index >= 15 is 0 Å². The fraction of sp³-hybridized carbons (Fsp3) is 0.278. The van der Waals surface area contributed by atoms with Crippen molar-refractivity contribution in [2.45, 2.75) is 25.6 Å². The molecule has 0 radical (unpaired) electrons. The molecule has 4 nitrogen and oxygen atoms in total. The number of carbonyl (C=O) groups excluding carboxylic acids is 1. The third-order valence-corrected chi connectivity index (χ3v) is 3.85. The molecule has 0 aliphatic carbocycles. The Balaban J connectivity index is 1.46. The number of hydrogen-bond acceptors (Lipinski definition) is 3. The van der Waals surface area contributed by atoms with E-state index in [1.54, 1.807) is 6.07 Å². The third-order valence-electron chi connectivity index (χ3n) is 3.85. The van der Waals surface area contributed by atoms with Gasteiger partial charge in [0.05, 0.1) is 5.56 Å². The van der Waals surface area contributed by atoms with Gasteiger partial charge in [-0.1, -0.05) is 18.2 Å². The number of aryl methyl sites for hydroxylation is 1. The fourth-order valence-corrected chi connectivity index (χ4v) is 2.45. The number of rotatable bonds is 5. The summed E-state index contributed by atoms with van der Waals surface area (Å²) in [5.74, 6) is 1.19. The molecule has 0 atom stereocenters. The first kappa shape index (κ1) is 17.1. The lowest BCUT2D eigenvalue weighted by atomic mass is 10.1. The van der Waals surface area contributed by atoms with E-state index in [-0.39, 0.29) is 25.7 Å². The molecule has 1 aliphatic heterocycles. The molecule has 1 aliphatic rings. The van der Waals surface area contributed by atoms with Gasteiger partial charge in [0, 0.05) is 13.0 Å². The van der Waals surface area contributed by atoms with Gasteiger partial charge in [-0.15, -0.1) is 0 Å². The molecule has 2 aromatic carbocycles. The van der Waals surface area contributed by atoms with Crippen LogP contribution in [0.25, 0.3) is 0 Å². The normalized spacial score (nSPS) is 12.9. The van der Waals surface area contributed by atoms with E-state index in [1.807, 2.05) is 12.1 Å². The smallest absolute Gasteiger partial charge is 0.416 e. The summed E-state index contributed by atoms with van der Waals surface area (Å²) < 4.78 is 48.0. The molecule has 0 unspecified atom stereocenters. The molecule has 2 aromatic rings. The SMILES string of the molecule is O=C(CCc1ccc2c(c1)OCO2)NCc1ccc(C(F)(F)F)cc1. The Labute approximate surface area is 142 Å². The molecule has 0 fully saturated rings. The minimum Gasteiger partial charge on any atom is -0.454 e. The quantitative estimate of drug-likeness (QED) is 0.894. The zero-order valence-corrected chi connectivity index (χ0v) is 13.2. The molecule has 0 saturated carbocycles. The molecule has 1 N–H and O–H groups in total. The number of alkyl halides is 3. The Morgan fingerprint density at radius 2 is 1.68 bits per heavy atom. The summed E-state index contributed by atoms with van der Waals surface area (Å²) in [5.41, 5.74) is 0.865. The van der Waals surface area contributed by atoms with Gasteiger partial charge in [0.1, 0.15) is 0 Å². The van der Waals surface area contributed by atoms with Crippen LogP contribution in [0.5, 0.6) is 11.5 Å². The molecular weight excluding hydrogens is 335 g/mol. The highest BCUT2D eigenvalue weighted by atomic mass is 19.4. The number of halogens is 3. The van der Waals surface area contributed by atoms with Crippen LogP contribution in [-0.4, -0.2) is 12.7 Å². The van der Waals surface area contributed by atoms with Crippen LogP contribution < -0.4 is 14.8 Å². The maximum Gasteiger partial charge on any atom is 0.416 e. The van der Waals surface area contributed by atoms with Crippen LogP contribution in [0.2, 0.25) is 0 Å². The van der Waals surface area contributed by atoms with Gasteiger partial charge in [0.25, 0.3) is 0 Å². The van der Waals surface area contributed by atoms with Crippen molar-refractivity contribution in [1.82, 2.24) is 5.32 Å². The minimum absolute atomic E-state index is 0.169. The topological polar surface area (TPSA) is 47.6 Å². The van der Waals surface area contributed by atoms with Crippen molar-refractivity contribution in [3.8, 4) is 11.5 Å². The molecule has 0 saturated heterocycles. The van der Waals surface area contributed by atoms with E-state index in [0.29, 0.717) is 23.5 Å². The van der Waals surface area contributed by atoms with Gasteiger partial charge >= 0.3 is 6.18 Å². The maximum absolute atomic E-state index is 12.5. The number of ether oxygens (including phenoxy) is 2. The van der Waals surface area contributed by atoms with Crippen LogP contribution in [0.3, 0.4) is 0 Å². The van der Waals surface area contributed by atoms with E-state index < -0.39 is 11.7 Å². The van der Waals surface area contributed by atoms with Gasteiger partial charge in [-0.05, 0) is 41.8 Å². The van der Waals surface area contributed by atoms with Crippen LogP contribution in [-0.2, 0) is 23.9 Å². The van der Waals surface area contributed by atoms with Gasteiger partial charge in [0.15, 0.2) is 11.5 Å². The lowest BCUT2D eigenvalue weighted by Crippen LogP contribution is -2.23. The van der Waals surface area contributed by atoms with E-state index in [1.165, 1.54) is 12.1 Å². The Kier molecular flexibility index (Phi) is 4.83. The third kappa shape index (κ3) is 4.43. The predicted molar refractivity (Wildman–Crippen MR) is 84.2 cm³/mol. The second-order valence-corrected chi connectivity index (χ2v) is 5.66. The summed E-state index contributed by atoms with van der Waals surface area (Å²) in [4.78, 5) is 11.9. The lowest BCUT2D eigenvalue weighted by molar-refractivity contribution is -0.137. The molecule has 1 amide bonds. The van der Waals surface area contributed by atoms with Crippen LogP contribution in [0.4, 0.5) is 13.2 Å². The first-order chi connectivity index (χ1) is 11.9. The number of hydrogen-bond donors (Lipinski definition) is 1. The monoisotopic (exact) mass is 351 g/mol. The summed E-state index contributed by atoms with van der Waals surface area (Å²) in [6, 6.07) is 10.3. The summed E-state index contributed by atoms with van der Waals surface area (Å²) >= 11 is 0. The summed E-state index contributed by atoms with van der Waals surface area (Å²) in [7, 11) is 0. The second kappa shape index (κ2) is 7.04. The van der Waals surface area contributed by atoms with E-state index in [9.17, 15) is 18.0 Å². The van der Waals surface area contributed by atoms with Gasteiger partial charge in [0.2, 0.25) is 12.7 Å². The maximum atomic E-state index is 12.5. The van der Waals surface area contributed by atoms with Gasteiger partial charge in [-0.3, -0.25) is 4.79 Å². The Hall–Kier alpha value is -2.70. The standard InChI is InChI=1S/C18H16F3NO3/c19-18(20,21)14-5-1-13(2-6-14)10-22-17(23)8-4-12-3-7-15-16(9-12)25-11-24-15/h1-3,5-7,9H,4,8,10-11H2,(H,22,23). The molecule has 25 heavy (non-hydrogen) atoms. The van der Waals surface area contributed by atoms with Crippen molar-refractivity contribution in [3.05, 3.63) is 59.2 Å². The first-order valence-electron chi connectivity index (χ1n) is 7.73. The highest BCUT2D eigenvalue weighted by Crippen LogP contribution is 2.32. The van der Waals surface area contributed by atoms with Crippen molar-refractivity contribution >= 4 is 5.91 Å². The van der Waals surface area contributed by atoms with Crippen molar-refractivity contribution in [1.29, 1.82) is 0 Å². The van der Waals surface area contributed by atoms with Crippen molar-refractivity contribution < 1.29 is 27.4 Å². The number of benzene rings is 2. The summed E-state index contributed by atoms with van der Waals surface area (Å²) in [6.07, 6.45) is -3.54. The van der Waals surface area contributed by atoms with Crippen molar-refractivity contribution in [3.63, 3.8) is 0 Å². The van der Waals surface area contributed by atoms with Crippen LogP contribution in [0, 0.1) is 0 Å². The van der Waals surface area contributed by atoms with Crippen molar-refractivity contribution in [2.24, 2.45) is 0 Å². The van der Waals surface area contributed by atoms with E-state index in [2.05, 4.69) is 5.32 Å². The Bertz CT molecular complexity index is 757. The molecule has 0 spiro atoms. The molecular formula is C18H16F3NO3. The van der Waals surface area contributed by atoms with E-state index in [0.717, 1.165) is 17.7 Å².